The first-order valence-electron chi connectivity index (χ1n) is 5.34. The van der Waals surface area contributed by atoms with Gasteiger partial charge in [-0.15, -0.1) is 0 Å². The van der Waals surface area contributed by atoms with Crippen molar-refractivity contribution in [1.29, 1.82) is 0 Å². The molecule has 2 rings (SSSR count). The number of carbonyl (C=O) groups is 1. The lowest BCUT2D eigenvalue weighted by molar-refractivity contribution is 0.234. The number of aromatic nitrogens is 2. The maximum absolute atomic E-state index is 11.4. The summed E-state index contributed by atoms with van der Waals surface area (Å²) < 4.78 is 5.30. The van der Waals surface area contributed by atoms with Gasteiger partial charge in [-0.05, 0) is 18.2 Å². The smallest absolute Gasteiger partial charge is 0.324 e. The lowest BCUT2D eigenvalue weighted by Gasteiger charge is -2.08. The molecule has 1 aromatic heterocycles. The molecule has 2 N–H and O–H groups in total. The quantitative estimate of drug-likeness (QED) is 0.801. The van der Waals surface area contributed by atoms with Gasteiger partial charge in [-0.1, -0.05) is 18.2 Å². The second-order valence-corrected chi connectivity index (χ2v) is 3.31. The van der Waals surface area contributed by atoms with Crippen molar-refractivity contribution in [3.05, 3.63) is 48.8 Å². The summed E-state index contributed by atoms with van der Waals surface area (Å²) in [7, 11) is 0. The van der Waals surface area contributed by atoms with Gasteiger partial charge in [-0.2, -0.15) is 0 Å². The SMILES string of the molecule is O=C(NCOc1ccccc1)Nc1ncccn1. The Labute approximate surface area is 104 Å². The summed E-state index contributed by atoms with van der Waals surface area (Å²) in [6, 6.07) is 10.5. The van der Waals surface area contributed by atoms with Gasteiger partial charge in [0.1, 0.15) is 5.75 Å². The van der Waals surface area contributed by atoms with Gasteiger partial charge in [0.25, 0.3) is 0 Å². The number of urea groups is 1. The number of amides is 2. The average molecular weight is 244 g/mol. The monoisotopic (exact) mass is 244 g/mol. The van der Waals surface area contributed by atoms with E-state index >= 15 is 0 Å². The fraction of sp³-hybridized carbons (Fsp3) is 0.0833. The zero-order valence-corrected chi connectivity index (χ0v) is 9.54. The maximum atomic E-state index is 11.4. The fourth-order valence-electron chi connectivity index (χ4n) is 1.21. The Hall–Kier alpha value is -2.63. The van der Waals surface area contributed by atoms with Gasteiger partial charge >= 0.3 is 6.03 Å². The predicted molar refractivity (Wildman–Crippen MR) is 66.1 cm³/mol. The molecule has 2 amide bonds. The van der Waals surface area contributed by atoms with Crippen LogP contribution in [0.5, 0.6) is 5.75 Å². The molecule has 0 spiro atoms. The second kappa shape index (κ2) is 6.19. The number of ether oxygens (including phenoxy) is 1. The summed E-state index contributed by atoms with van der Waals surface area (Å²) >= 11 is 0. The molecule has 0 saturated carbocycles. The summed E-state index contributed by atoms with van der Waals surface area (Å²) in [5.74, 6) is 0.934. The first-order chi connectivity index (χ1) is 8.84. The zero-order chi connectivity index (χ0) is 12.6. The highest BCUT2D eigenvalue weighted by Crippen LogP contribution is 2.06. The van der Waals surface area contributed by atoms with Crippen molar-refractivity contribution in [3.63, 3.8) is 0 Å². The van der Waals surface area contributed by atoms with Crippen molar-refractivity contribution < 1.29 is 9.53 Å². The number of carbonyl (C=O) groups excluding carboxylic acids is 1. The van der Waals surface area contributed by atoms with Crippen LogP contribution in [0.25, 0.3) is 0 Å². The molecule has 6 heteroatoms. The molecule has 0 atom stereocenters. The molecule has 0 aliphatic carbocycles. The minimum absolute atomic E-state index is 0.0721. The molecule has 0 aliphatic heterocycles. The van der Waals surface area contributed by atoms with Crippen LogP contribution in [0.3, 0.4) is 0 Å². The Kier molecular flexibility index (Phi) is 4.07. The summed E-state index contributed by atoms with van der Waals surface area (Å²) in [4.78, 5) is 19.1. The molecule has 1 heterocycles. The van der Waals surface area contributed by atoms with E-state index in [4.69, 9.17) is 4.74 Å². The number of nitrogens with zero attached hydrogens (tertiary/aromatic N) is 2. The van der Waals surface area contributed by atoms with E-state index in [9.17, 15) is 4.79 Å². The minimum Gasteiger partial charge on any atom is -0.473 e. The van der Waals surface area contributed by atoms with E-state index in [1.54, 1.807) is 30.6 Å². The molecule has 6 nitrogen and oxygen atoms in total. The third kappa shape index (κ3) is 3.75. The molecule has 0 radical (unpaired) electrons. The van der Waals surface area contributed by atoms with Gasteiger partial charge in [0, 0.05) is 12.4 Å². The van der Waals surface area contributed by atoms with Crippen LogP contribution in [0.4, 0.5) is 10.7 Å². The first-order valence-corrected chi connectivity index (χ1v) is 5.34. The molecule has 1 aromatic carbocycles. The van der Waals surface area contributed by atoms with Gasteiger partial charge < -0.3 is 10.1 Å². The highest BCUT2D eigenvalue weighted by Gasteiger charge is 2.02. The van der Waals surface area contributed by atoms with Crippen LogP contribution in [0.2, 0.25) is 0 Å². The molecular formula is C12H12N4O2. The maximum Gasteiger partial charge on any atom is 0.324 e. The number of nitrogens with one attached hydrogen (secondary N) is 2. The lowest BCUT2D eigenvalue weighted by Crippen LogP contribution is -2.32. The fourth-order valence-corrected chi connectivity index (χ4v) is 1.21. The summed E-state index contributed by atoms with van der Waals surface area (Å²) in [5, 5.41) is 5.00. The Bertz CT molecular complexity index is 490. The van der Waals surface area contributed by atoms with Gasteiger partial charge in [0.15, 0.2) is 6.73 Å². The Morgan fingerprint density at radius 2 is 1.83 bits per heavy atom. The summed E-state index contributed by atoms with van der Waals surface area (Å²) in [5.41, 5.74) is 0. The molecule has 18 heavy (non-hydrogen) atoms. The first kappa shape index (κ1) is 11.8. The van der Waals surface area contributed by atoms with Crippen LogP contribution >= 0.6 is 0 Å². The predicted octanol–water partition coefficient (Wildman–Crippen LogP) is 1.63. The van der Waals surface area contributed by atoms with Crippen molar-refractivity contribution >= 4 is 12.0 Å². The van der Waals surface area contributed by atoms with Crippen LogP contribution in [0, 0.1) is 0 Å². The number of para-hydroxylation sites is 1. The van der Waals surface area contributed by atoms with Crippen molar-refractivity contribution in [1.82, 2.24) is 15.3 Å². The molecule has 0 fully saturated rings. The van der Waals surface area contributed by atoms with Crippen LogP contribution in [0.15, 0.2) is 48.8 Å². The average Bonchev–Trinajstić information content (AvgIpc) is 2.41. The molecule has 0 unspecified atom stereocenters. The normalized spacial score (nSPS) is 9.56. The number of anilines is 1. The van der Waals surface area contributed by atoms with E-state index in [-0.39, 0.29) is 12.7 Å². The van der Waals surface area contributed by atoms with E-state index in [1.165, 1.54) is 0 Å². The van der Waals surface area contributed by atoms with E-state index in [0.29, 0.717) is 5.75 Å². The van der Waals surface area contributed by atoms with Crippen LogP contribution in [-0.4, -0.2) is 22.7 Å². The van der Waals surface area contributed by atoms with Crippen molar-refractivity contribution in [3.8, 4) is 5.75 Å². The van der Waals surface area contributed by atoms with Gasteiger partial charge in [-0.3, -0.25) is 5.32 Å². The largest absolute Gasteiger partial charge is 0.473 e. The van der Waals surface area contributed by atoms with Crippen LogP contribution in [0.1, 0.15) is 0 Å². The van der Waals surface area contributed by atoms with Crippen molar-refractivity contribution in [2.24, 2.45) is 0 Å². The Morgan fingerprint density at radius 3 is 2.56 bits per heavy atom. The molecule has 0 aliphatic rings. The molecule has 2 aromatic rings. The van der Waals surface area contributed by atoms with Gasteiger partial charge in [0.05, 0.1) is 0 Å². The molecular weight excluding hydrogens is 232 g/mol. The van der Waals surface area contributed by atoms with Gasteiger partial charge in [-0.25, -0.2) is 14.8 Å². The highest BCUT2D eigenvalue weighted by molar-refractivity contribution is 5.87. The third-order valence-corrected chi connectivity index (χ3v) is 2.01. The second-order valence-electron chi connectivity index (χ2n) is 3.31. The molecule has 0 bridgehead atoms. The number of hydrogen-bond acceptors (Lipinski definition) is 4. The van der Waals surface area contributed by atoms with Crippen LogP contribution < -0.4 is 15.4 Å². The number of benzene rings is 1. The Morgan fingerprint density at radius 1 is 1.11 bits per heavy atom. The van der Waals surface area contributed by atoms with Crippen molar-refractivity contribution in [2.45, 2.75) is 0 Å². The number of hydrogen-bond donors (Lipinski definition) is 2. The van der Waals surface area contributed by atoms with Crippen molar-refractivity contribution in [2.75, 3.05) is 12.0 Å². The minimum atomic E-state index is -0.419. The topological polar surface area (TPSA) is 76.1 Å². The number of rotatable bonds is 4. The van der Waals surface area contributed by atoms with E-state index in [2.05, 4.69) is 20.6 Å². The standard InChI is InChI=1S/C12H12N4O2/c17-12(16-11-13-7-4-8-14-11)15-9-18-10-5-2-1-3-6-10/h1-8H,9H2,(H2,13,14,15,16,17). The van der Waals surface area contributed by atoms with E-state index in [1.807, 2.05) is 18.2 Å². The molecule has 92 valence electrons. The van der Waals surface area contributed by atoms with E-state index < -0.39 is 6.03 Å². The highest BCUT2D eigenvalue weighted by atomic mass is 16.5. The Balaban J connectivity index is 1.73. The van der Waals surface area contributed by atoms with E-state index in [0.717, 1.165) is 0 Å². The summed E-state index contributed by atoms with van der Waals surface area (Å²) in [6.07, 6.45) is 3.09. The molecule has 0 saturated heterocycles. The van der Waals surface area contributed by atoms with Crippen LogP contribution in [-0.2, 0) is 0 Å². The van der Waals surface area contributed by atoms with Gasteiger partial charge in [0.2, 0.25) is 5.95 Å². The summed E-state index contributed by atoms with van der Waals surface area (Å²) in [6.45, 7) is 0.0721. The third-order valence-electron chi connectivity index (χ3n) is 2.01. The lowest BCUT2D eigenvalue weighted by atomic mass is 10.3. The zero-order valence-electron chi connectivity index (χ0n) is 9.54.